The Bertz CT molecular complexity index is 852. The van der Waals surface area contributed by atoms with Gasteiger partial charge < -0.3 is 51.9 Å². The van der Waals surface area contributed by atoms with Gasteiger partial charge in [0.25, 0.3) is 0 Å². The van der Waals surface area contributed by atoms with Crippen molar-refractivity contribution in [1.82, 2.24) is 19.6 Å². The molecule has 2 heterocycles. The standard InChI is InChI=1S/C7H6N10O8/c8-2-4(14(18)19)10-12(6(2)16(22)23)1-13-7(17(24)25)3(9)5(11-13)15(20)21/h1,8-9H2. The molecular weight excluding hydrogens is 352 g/mol. The Labute approximate surface area is 133 Å². The molecule has 18 heteroatoms. The van der Waals surface area contributed by atoms with E-state index in [9.17, 15) is 40.5 Å². The van der Waals surface area contributed by atoms with E-state index in [1.807, 2.05) is 0 Å². The van der Waals surface area contributed by atoms with Gasteiger partial charge in [0.05, 0.1) is 0 Å². The Kier molecular flexibility index (Phi) is 3.86. The van der Waals surface area contributed by atoms with E-state index in [2.05, 4.69) is 10.2 Å². The molecule has 0 aromatic carbocycles. The molecule has 2 aromatic rings. The van der Waals surface area contributed by atoms with Crippen LogP contribution in [0.15, 0.2) is 0 Å². The molecule has 0 unspecified atom stereocenters. The second kappa shape index (κ2) is 5.68. The highest BCUT2D eigenvalue weighted by molar-refractivity contribution is 5.66. The number of nitrogen functional groups attached to an aromatic ring is 2. The average molecular weight is 358 g/mol. The lowest BCUT2D eigenvalue weighted by molar-refractivity contribution is -0.395. The first kappa shape index (κ1) is 17.0. The van der Waals surface area contributed by atoms with E-state index in [4.69, 9.17) is 11.5 Å². The van der Waals surface area contributed by atoms with Gasteiger partial charge in [-0.1, -0.05) is 0 Å². The van der Waals surface area contributed by atoms with Crippen molar-refractivity contribution in [3.8, 4) is 0 Å². The minimum Gasteiger partial charge on any atom is -0.385 e. The van der Waals surface area contributed by atoms with Crippen molar-refractivity contribution < 1.29 is 19.7 Å². The molecule has 0 radical (unpaired) electrons. The fourth-order valence-electron chi connectivity index (χ4n) is 1.89. The van der Waals surface area contributed by atoms with Crippen molar-refractivity contribution in [3.05, 3.63) is 40.5 Å². The molecule has 0 aliphatic rings. The van der Waals surface area contributed by atoms with E-state index < -0.39 is 61.0 Å². The maximum absolute atomic E-state index is 11.0. The van der Waals surface area contributed by atoms with Gasteiger partial charge in [-0.2, -0.15) is 0 Å². The highest BCUT2D eigenvalue weighted by atomic mass is 16.6. The zero-order valence-electron chi connectivity index (χ0n) is 11.7. The minimum absolute atomic E-state index is 0.330. The van der Waals surface area contributed by atoms with Crippen LogP contribution in [0.4, 0.5) is 34.6 Å². The third-order valence-corrected chi connectivity index (χ3v) is 2.84. The molecule has 132 valence electrons. The molecule has 0 saturated heterocycles. The second-order valence-electron chi connectivity index (χ2n) is 4.29. The monoisotopic (exact) mass is 358 g/mol. The summed E-state index contributed by atoms with van der Waals surface area (Å²) in [4.78, 5) is 39.1. The van der Waals surface area contributed by atoms with Crippen molar-refractivity contribution >= 4 is 34.6 Å². The third kappa shape index (κ3) is 2.69. The van der Waals surface area contributed by atoms with Gasteiger partial charge in [-0.25, -0.2) is 0 Å². The molecule has 0 atom stereocenters. The summed E-state index contributed by atoms with van der Waals surface area (Å²) in [6.45, 7) is -0.956. The van der Waals surface area contributed by atoms with Gasteiger partial charge in [0.1, 0.15) is 0 Å². The summed E-state index contributed by atoms with van der Waals surface area (Å²) in [6.07, 6.45) is 0. The number of aromatic nitrogens is 4. The molecule has 4 N–H and O–H groups in total. The van der Waals surface area contributed by atoms with E-state index in [0.717, 1.165) is 0 Å². The molecule has 0 fully saturated rings. The number of nitrogens with zero attached hydrogens (tertiary/aromatic N) is 8. The van der Waals surface area contributed by atoms with E-state index in [-0.39, 0.29) is 0 Å². The van der Waals surface area contributed by atoms with Crippen LogP contribution in [-0.2, 0) is 6.67 Å². The van der Waals surface area contributed by atoms with Crippen LogP contribution in [0.1, 0.15) is 0 Å². The number of hydrogen-bond acceptors (Lipinski definition) is 12. The average Bonchev–Trinajstić information content (AvgIpc) is 2.96. The van der Waals surface area contributed by atoms with Crippen LogP contribution >= 0.6 is 0 Å². The summed E-state index contributed by atoms with van der Waals surface area (Å²) < 4.78 is 0.660. The first-order valence-corrected chi connectivity index (χ1v) is 5.86. The predicted molar refractivity (Wildman–Crippen MR) is 75.3 cm³/mol. The molecule has 2 aromatic heterocycles. The Morgan fingerprint density at radius 1 is 0.720 bits per heavy atom. The molecule has 0 amide bonds. The summed E-state index contributed by atoms with van der Waals surface area (Å²) in [5.74, 6) is -4.22. The fraction of sp³-hybridized carbons (Fsp3) is 0.143. The number of hydrogen-bond donors (Lipinski definition) is 2. The third-order valence-electron chi connectivity index (χ3n) is 2.84. The molecule has 0 aliphatic heterocycles. The molecule has 0 bridgehead atoms. The maximum atomic E-state index is 11.0. The fourth-order valence-corrected chi connectivity index (χ4v) is 1.89. The molecular formula is C7H6N10O8. The van der Waals surface area contributed by atoms with E-state index in [1.54, 1.807) is 0 Å². The molecule has 0 aliphatic carbocycles. The van der Waals surface area contributed by atoms with Gasteiger partial charge in [-0.05, 0) is 19.7 Å². The van der Waals surface area contributed by atoms with Crippen LogP contribution in [0.5, 0.6) is 0 Å². The van der Waals surface area contributed by atoms with Crippen LogP contribution in [0.2, 0.25) is 0 Å². The zero-order chi connectivity index (χ0) is 19.0. The minimum atomic E-state index is -1.11. The van der Waals surface area contributed by atoms with Gasteiger partial charge in [-0.3, -0.25) is 0 Å². The van der Waals surface area contributed by atoms with Gasteiger partial charge in [0.2, 0.25) is 11.4 Å². The largest absolute Gasteiger partial charge is 0.443 e. The van der Waals surface area contributed by atoms with Crippen LogP contribution in [0.25, 0.3) is 0 Å². The van der Waals surface area contributed by atoms with Crippen LogP contribution in [0, 0.1) is 40.5 Å². The van der Waals surface area contributed by atoms with Crippen LogP contribution in [-0.4, -0.2) is 39.3 Å². The summed E-state index contributed by atoms with van der Waals surface area (Å²) in [5, 5.41) is 50.1. The Hall–Kier alpha value is -4.38. The van der Waals surface area contributed by atoms with E-state index >= 15 is 0 Å². The van der Waals surface area contributed by atoms with Crippen LogP contribution in [0.3, 0.4) is 0 Å². The summed E-state index contributed by atoms with van der Waals surface area (Å²) in [6, 6.07) is 0. The predicted octanol–water partition coefficient (Wildman–Crippen LogP) is -0.617. The maximum Gasteiger partial charge on any atom is 0.443 e. The molecule has 0 spiro atoms. The first-order chi connectivity index (χ1) is 11.6. The quantitative estimate of drug-likeness (QED) is 0.483. The van der Waals surface area contributed by atoms with Gasteiger partial charge in [0, 0.05) is 9.36 Å². The number of rotatable bonds is 6. The summed E-state index contributed by atoms with van der Waals surface area (Å²) >= 11 is 0. The molecule has 18 nitrogen and oxygen atoms in total. The second-order valence-corrected chi connectivity index (χ2v) is 4.29. The summed E-state index contributed by atoms with van der Waals surface area (Å²) in [5.41, 5.74) is 8.76. The lowest BCUT2D eigenvalue weighted by Crippen LogP contribution is -2.15. The highest BCUT2D eigenvalue weighted by Gasteiger charge is 2.41. The Balaban J connectivity index is 2.65. The van der Waals surface area contributed by atoms with E-state index in [0.29, 0.717) is 9.36 Å². The lowest BCUT2D eigenvalue weighted by atomic mass is 10.5. The molecule has 0 saturated carbocycles. The normalized spacial score (nSPS) is 10.6. The number of nitro groups is 4. The lowest BCUT2D eigenvalue weighted by Gasteiger charge is -1.95. The number of nitrogens with two attached hydrogens (primary N) is 2. The topological polar surface area (TPSA) is 260 Å². The van der Waals surface area contributed by atoms with Gasteiger partial charge in [-0.15, -0.1) is 0 Å². The van der Waals surface area contributed by atoms with Crippen molar-refractivity contribution in [2.24, 2.45) is 0 Å². The van der Waals surface area contributed by atoms with Crippen molar-refractivity contribution in [2.45, 2.75) is 6.67 Å². The molecule has 2 rings (SSSR count). The van der Waals surface area contributed by atoms with Crippen molar-refractivity contribution in [1.29, 1.82) is 0 Å². The summed E-state index contributed by atoms with van der Waals surface area (Å²) in [7, 11) is 0. The Morgan fingerprint density at radius 3 is 1.28 bits per heavy atom. The highest BCUT2D eigenvalue weighted by Crippen LogP contribution is 2.33. The zero-order valence-corrected chi connectivity index (χ0v) is 11.7. The van der Waals surface area contributed by atoms with Gasteiger partial charge in [0.15, 0.2) is 10.2 Å². The van der Waals surface area contributed by atoms with Crippen molar-refractivity contribution in [3.63, 3.8) is 0 Å². The Morgan fingerprint density at radius 2 is 1.04 bits per heavy atom. The molecule has 25 heavy (non-hydrogen) atoms. The first-order valence-electron chi connectivity index (χ1n) is 5.86. The van der Waals surface area contributed by atoms with Gasteiger partial charge >= 0.3 is 29.9 Å². The SMILES string of the molecule is Nc1c([N+](=O)[O-])nn(Cn2nc([N+](=O)[O-])c(N)c2[N+](=O)[O-])c1[N+](=O)[O-]. The van der Waals surface area contributed by atoms with Crippen molar-refractivity contribution in [2.75, 3.05) is 11.5 Å². The van der Waals surface area contributed by atoms with Crippen LogP contribution < -0.4 is 11.5 Å². The smallest absolute Gasteiger partial charge is 0.385 e. The van der Waals surface area contributed by atoms with E-state index in [1.165, 1.54) is 0 Å². The number of anilines is 2.